The van der Waals surface area contributed by atoms with Crippen LogP contribution in [-0.4, -0.2) is 55.1 Å². The molecule has 0 saturated carbocycles. The van der Waals surface area contributed by atoms with Gasteiger partial charge >= 0.3 is 0 Å². The monoisotopic (exact) mass is 776 g/mol. The molecule has 0 amide bonds. The number of hydrogen-bond donors (Lipinski definition) is 3. The summed E-state index contributed by atoms with van der Waals surface area (Å²) >= 11 is 18.0. The first-order valence-corrected chi connectivity index (χ1v) is 20.1. The lowest BCUT2D eigenvalue weighted by atomic mass is 10.0. The maximum absolute atomic E-state index is 12.4. The van der Waals surface area contributed by atoms with E-state index < -0.39 is 0 Å². The van der Waals surface area contributed by atoms with Crippen LogP contribution in [0.15, 0.2) is 97.1 Å². The van der Waals surface area contributed by atoms with Gasteiger partial charge < -0.3 is 16.0 Å². The summed E-state index contributed by atoms with van der Waals surface area (Å²) in [6.45, 7) is 10.9. The fourth-order valence-corrected chi connectivity index (χ4v) is 6.81. The van der Waals surface area contributed by atoms with Crippen LogP contribution in [0.5, 0.6) is 0 Å². The van der Waals surface area contributed by atoms with Gasteiger partial charge in [0.1, 0.15) is 0 Å². The molecule has 2 aliphatic rings. The Bertz CT molecular complexity index is 1670. The third kappa shape index (κ3) is 15.7. The van der Waals surface area contributed by atoms with Crippen molar-refractivity contribution < 1.29 is 9.59 Å². The Balaban J connectivity index is 0.000000211. The zero-order chi connectivity index (χ0) is 37.8. The third-order valence-electron chi connectivity index (χ3n) is 9.52. The van der Waals surface area contributed by atoms with Crippen molar-refractivity contribution in [1.82, 2.24) is 20.9 Å². The van der Waals surface area contributed by atoms with E-state index in [0.717, 1.165) is 48.4 Å². The maximum atomic E-state index is 12.4. The molecule has 3 N–H and O–H groups in total. The van der Waals surface area contributed by atoms with E-state index in [0.29, 0.717) is 23.0 Å². The minimum atomic E-state index is -0.0219. The van der Waals surface area contributed by atoms with Crippen LogP contribution in [0.3, 0.4) is 0 Å². The molecule has 0 spiro atoms. The average Bonchev–Trinajstić information content (AvgIpc) is 3.94. The summed E-state index contributed by atoms with van der Waals surface area (Å²) in [5.74, 6) is 0.243. The number of rotatable bonds is 15. The van der Waals surface area contributed by atoms with Crippen molar-refractivity contribution in [2.24, 2.45) is 0 Å². The molecule has 6 rings (SSSR count). The van der Waals surface area contributed by atoms with Crippen LogP contribution in [0.4, 0.5) is 0 Å². The van der Waals surface area contributed by atoms with Crippen molar-refractivity contribution in [3.8, 4) is 0 Å². The second-order valence-corrected chi connectivity index (χ2v) is 15.0. The number of carbonyl (C=O) groups excluding carboxylic acids is 2. The first kappa shape index (κ1) is 42.7. The highest BCUT2D eigenvalue weighted by Gasteiger charge is 2.17. The Kier molecular flexibility index (Phi) is 19.0. The number of benzene rings is 4. The van der Waals surface area contributed by atoms with E-state index >= 15 is 0 Å². The molecule has 2 aliphatic heterocycles. The molecule has 9 heteroatoms. The highest BCUT2D eigenvalue weighted by Crippen LogP contribution is 2.22. The Labute approximate surface area is 332 Å². The molecule has 0 bridgehead atoms. The minimum absolute atomic E-state index is 0.0177. The Morgan fingerprint density at radius 2 is 1.11 bits per heavy atom. The summed E-state index contributed by atoms with van der Waals surface area (Å²) in [4.78, 5) is 26.1. The zero-order valence-electron chi connectivity index (χ0n) is 31.2. The summed E-state index contributed by atoms with van der Waals surface area (Å²) < 4.78 is 0. The molecule has 4 aromatic carbocycles. The summed E-state index contributed by atoms with van der Waals surface area (Å²) in [6, 6.07) is 33.0. The van der Waals surface area contributed by atoms with Crippen molar-refractivity contribution >= 4 is 46.4 Å². The fourth-order valence-electron chi connectivity index (χ4n) is 6.35. The first-order chi connectivity index (χ1) is 25.7. The lowest BCUT2D eigenvalue weighted by Crippen LogP contribution is -2.27. The normalized spacial score (nSPS) is 15.1. The highest BCUT2D eigenvalue weighted by molar-refractivity contribution is 6.32. The number of Topliss-reactive ketones (excluding diaryl/α,β-unsaturated/α-hetero) is 2. The summed E-state index contributed by atoms with van der Waals surface area (Å²) in [6.07, 6.45) is 5.88. The summed E-state index contributed by atoms with van der Waals surface area (Å²) in [7, 11) is 0. The molecule has 0 aliphatic carbocycles. The lowest BCUT2D eigenvalue weighted by molar-refractivity contribution is -0.119. The van der Waals surface area contributed by atoms with Gasteiger partial charge in [-0.3, -0.25) is 14.5 Å². The molecule has 2 fully saturated rings. The second-order valence-electron chi connectivity index (χ2n) is 13.9. The predicted octanol–water partition coefficient (Wildman–Crippen LogP) is 9.31. The van der Waals surface area contributed by atoms with Crippen LogP contribution in [-0.2, 0) is 35.5 Å². The van der Waals surface area contributed by atoms with Crippen molar-refractivity contribution in [3.05, 3.63) is 140 Å². The number of nitrogens with one attached hydrogen (secondary N) is 3. The van der Waals surface area contributed by atoms with Crippen LogP contribution < -0.4 is 16.0 Å². The van der Waals surface area contributed by atoms with E-state index in [2.05, 4.69) is 77.2 Å². The van der Waals surface area contributed by atoms with E-state index in [1.54, 1.807) is 0 Å². The molecular formula is C44H55Cl3N4O2. The van der Waals surface area contributed by atoms with Gasteiger partial charge in [0, 0.05) is 48.1 Å². The summed E-state index contributed by atoms with van der Waals surface area (Å²) in [5.41, 5.74) is 6.53. The van der Waals surface area contributed by atoms with E-state index in [-0.39, 0.29) is 36.0 Å². The molecule has 2 atom stereocenters. The van der Waals surface area contributed by atoms with Gasteiger partial charge in [-0.25, -0.2) is 0 Å². The van der Waals surface area contributed by atoms with Gasteiger partial charge in [-0.15, -0.1) is 11.6 Å². The second kappa shape index (κ2) is 23.7. The number of alkyl halides is 1. The van der Waals surface area contributed by atoms with E-state index in [1.165, 1.54) is 49.9 Å². The predicted molar refractivity (Wildman–Crippen MR) is 222 cm³/mol. The van der Waals surface area contributed by atoms with Crippen LogP contribution in [0.2, 0.25) is 10.0 Å². The molecule has 53 heavy (non-hydrogen) atoms. The molecule has 4 aromatic rings. The lowest BCUT2D eigenvalue weighted by Gasteiger charge is -2.16. The number of hydrogen-bond acceptors (Lipinski definition) is 6. The third-order valence-corrected chi connectivity index (χ3v) is 10.6. The molecule has 0 aromatic heterocycles. The number of nitrogens with zero attached hydrogens (tertiary/aromatic N) is 1. The van der Waals surface area contributed by atoms with Crippen LogP contribution in [0.25, 0.3) is 0 Å². The number of ketones is 2. The van der Waals surface area contributed by atoms with E-state index in [1.807, 2.05) is 54.6 Å². The Morgan fingerprint density at radius 3 is 1.53 bits per heavy atom. The average molecular weight is 778 g/mol. The number of carbonyl (C=O) groups is 2. The Morgan fingerprint density at radius 1 is 0.660 bits per heavy atom. The quantitative estimate of drug-likeness (QED) is 0.105. The van der Waals surface area contributed by atoms with E-state index in [4.69, 9.17) is 34.8 Å². The highest BCUT2D eigenvalue weighted by atomic mass is 35.5. The van der Waals surface area contributed by atoms with Gasteiger partial charge in [0.2, 0.25) is 0 Å². The van der Waals surface area contributed by atoms with E-state index in [9.17, 15) is 9.59 Å². The van der Waals surface area contributed by atoms with Gasteiger partial charge in [-0.2, -0.15) is 0 Å². The van der Waals surface area contributed by atoms with Gasteiger partial charge in [-0.05, 0) is 111 Å². The minimum Gasteiger partial charge on any atom is -0.317 e. The van der Waals surface area contributed by atoms with Crippen molar-refractivity contribution in [2.75, 3.05) is 38.6 Å². The van der Waals surface area contributed by atoms with Gasteiger partial charge in [0.15, 0.2) is 11.6 Å². The number of halogens is 3. The van der Waals surface area contributed by atoms with Crippen molar-refractivity contribution in [3.63, 3.8) is 0 Å². The molecular weight excluding hydrogens is 723 g/mol. The SMILES string of the molecule is C1CCNC1.CC(NCc1ccc(Cl)c(CC(=O)CCl)c1)c1ccccc1.CC(NCc1ccc(Cl)c(CC(=O)CN2CCCC2)c1)c1ccccc1. The van der Waals surface area contributed by atoms with Crippen LogP contribution in [0, 0.1) is 0 Å². The standard InChI is InChI=1S/C22H27ClN2O.C18H19Cl2NO.C4H9N/c1-17(19-7-3-2-4-8-19)24-15-18-9-10-22(23)20(13-18)14-21(26)16-25-11-5-6-12-25;1-13(15-5-3-2-4-6-15)21-12-14-7-8-18(20)16(9-14)10-17(22)11-19;1-2-4-5-3-1/h2-4,7-10,13,17,24H,5-6,11-12,14-16H2,1H3;2-9,13,21H,10-12H2,1H3;5H,1-4H2. The molecule has 284 valence electrons. The molecule has 2 unspecified atom stereocenters. The largest absolute Gasteiger partial charge is 0.317 e. The van der Waals surface area contributed by atoms with Gasteiger partial charge in [0.25, 0.3) is 0 Å². The van der Waals surface area contributed by atoms with Gasteiger partial charge in [0.05, 0.1) is 12.4 Å². The van der Waals surface area contributed by atoms with Crippen LogP contribution >= 0.6 is 34.8 Å². The first-order valence-electron chi connectivity index (χ1n) is 18.9. The maximum Gasteiger partial charge on any atom is 0.152 e. The number of likely N-dealkylation sites (tertiary alicyclic amines) is 1. The molecule has 6 nitrogen and oxygen atoms in total. The fraction of sp³-hybridized carbons (Fsp3) is 0.409. The topological polar surface area (TPSA) is 73.5 Å². The van der Waals surface area contributed by atoms with Crippen molar-refractivity contribution in [2.45, 2.75) is 77.5 Å². The molecule has 2 heterocycles. The molecule has 2 saturated heterocycles. The van der Waals surface area contributed by atoms with Crippen molar-refractivity contribution in [1.29, 1.82) is 0 Å². The molecule has 0 radical (unpaired) electrons. The Hall–Kier alpha value is -3.07. The smallest absolute Gasteiger partial charge is 0.152 e. The summed E-state index contributed by atoms with van der Waals surface area (Å²) in [5, 5.41) is 11.5. The van der Waals surface area contributed by atoms with Crippen LogP contribution in [0.1, 0.15) is 85.0 Å². The zero-order valence-corrected chi connectivity index (χ0v) is 33.5. The van der Waals surface area contributed by atoms with Gasteiger partial charge in [-0.1, -0.05) is 108 Å².